The second kappa shape index (κ2) is 4.22. The minimum Gasteiger partial charge on any atom is -0.397 e. The number of nitrogens with two attached hydrogens (primary N) is 1. The van der Waals surface area contributed by atoms with Gasteiger partial charge in [0, 0.05) is 7.05 Å². The summed E-state index contributed by atoms with van der Waals surface area (Å²) in [6.45, 7) is 2.59. The smallest absolute Gasteiger partial charge is 0.169 e. The van der Waals surface area contributed by atoms with Gasteiger partial charge in [-0.05, 0) is 24.6 Å². The lowest BCUT2D eigenvalue weighted by atomic mass is 10.2. The zero-order chi connectivity index (χ0) is 11.5. The van der Waals surface area contributed by atoms with Gasteiger partial charge in [-0.15, -0.1) is 0 Å². The molecular formula is C11H15N5. The number of aromatic nitrogens is 3. The van der Waals surface area contributed by atoms with Gasteiger partial charge in [0.05, 0.1) is 17.9 Å². The first-order valence-corrected chi connectivity index (χ1v) is 5.09. The van der Waals surface area contributed by atoms with Gasteiger partial charge in [-0.2, -0.15) is 5.10 Å². The maximum absolute atomic E-state index is 5.88. The van der Waals surface area contributed by atoms with E-state index in [0.29, 0.717) is 6.54 Å². The molecule has 2 aromatic rings. The topological polar surface area (TPSA) is 68.8 Å². The predicted molar refractivity (Wildman–Crippen MR) is 63.9 cm³/mol. The molecule has 0 bridgehead atoms. The zero-order valence-corrected chi connectivity index (χ0v) is 9.44. The highest BCUT2D eigenvalue weighted by molar-refractivity contribution is 5.66. The molecule has 3 N–H and O–H groups in total. The summed E-state index contributed by atoms with van der Waals surface area (Å²) in [6, 6.07) is 5.92. The fourth-order valence-electron chi connectivity index (χ4n) is 1.48. The fourth-order valence-corrected chi connectivity index (χ4v) is 1.48. The number of benzene rings is 1. The Labute approximate surface area is 94.3 Å². The molecule has 5 nitrogen and oxygen atoms in total. The Morgan fingerprint density at radius 2 is 2.25 bits per heavy atom. The highest BCUT2D eigenvalue weighted by Gasteiger charge is 2.01. The van der Waals surface area contributed by atoms with Gasteiger partial charge >= 0.3 is 0 Å². The summed E-state index contributed by atoms with van der Waals surface area (Å²) < 4.78 is 1.68. The molecule has 1 heterocycles. The Morgan fingerprint density at radius 1 is 1.44 bits per heavy atom. The molecule has 1 aromatic heterocycles. The van der Waals surface area contributed by atoms with Gasteiger partial charge in [0.15, 0.2) is 5.82 Å². The molecule has 0 aliphatic heterocycles. The van der Waals surface area contributed by atoms with Crippen molar-refractivity contribution in [2.75, 3.05) is 11.1 Å². The summed E-state index contributed by atoms with van der Waals surface area (Å²) in [5.41, 5.74) is 8.70. The maximum Gasteiger partial charge on any atom is 0.169 e. The van der Waals surface area contributed by atoms with Crippen LogP contribution in [0, 0.1) is 6.92 Å². The second-order valence-electron chi connectivity index (χ2n) is 3.78. The van der Waals surface area contributed by atoms with Crippen molar-refractivity contribution in [2.24, 2.45) is 7.05 Å². The average Bonchev–Trinajstić information content (AvgIpc) is 2.63. The van der Waals surface area contributed by atoms with Gasteiger partial charge in [-0.25, -0.2) is 4.98 Å². The molecule has 0 aliphatic rings. The standard InChI is InChI=1S/C11H15N5/c1-8-3-4-10(9(12)5-8)13-6-11-14-7-16(2)15-11/h3-5,7,13H,6,12H2,1-2H3. The van der Waals surface area contributed by atoms with Crippen molar-refractivity contribution in [3.63, 3.8) is 0 Å². The van der Waals surface area contributed by atoms with E-state index in [1.807, 2.05) is 32.2 Å². The van der Waals surface area contributed by atoms with E-state index in [1.54, 1.807) is 11.0 Å². The van der Waals surface area contributed by atoms with E-state index >= 15 is 0 Å². The summed E-state index contributed by atoms with van der Waals surface area (Å²) in [5, 5.41) is 7.38. The number of aryl methyl sites for hydroxylation is 2. The Morgan fingerprint density at radius 3 is 2.88 bits per heavy atom. The number of anilines is 2. The van der Waals surface area contributed by atoms with Crippen LogP contribution in [-0.4, -0.2) is 14.8 Å². The third kappa shape index (κ3) is 2.31. The molecular weight excluding hydrogens is 202 g/mol. The van der Waals surface area contributed by atoms with E-state index in [9.17, 15) is 0 Å². The van der Waals surface area contributed by atoms with E-state index in [4.69, 9.17) is 5.73 Å². The average molecular weight is 217 g/mol. The van der Waals surface area contributed by atoms with Crippen LogP contribution in [0.25, 0.3) is 0 Å². The van der Waals surface area contributed by atoms with Crippen LogP contribution in [0.5, 0.6) is 0 Å². The van der Waals surface area contributed by atoms with Crippen molar-refractivity contribution in [3.05, 3.63) is 35.9 Å². The van der Waals surface area contributed by atoms with Gasteiger partial charge < -0.3 is 11.1 Å². The first-order valence-electron chi connectivity index (χ1n) is 5.09. The van der Waals surface area contributed by atoms with Crippen LogP contribution in [0.2, 0.25) is 0 Å². The molecule has 2 rings (SSSR count). The number of hydrogen-bond donors (Lipinski definition) is 2. The van der Waals surface area contributed by atoms with Crippen LogP contribution in [-0.2, 0) is 13.6 Å². The molecule has 0 spiro atoms. The molecule has 0 amide bonds. The van der Waals surface area contributed by atoms with Crippen LogP contribution < -0.4 is 11.1 Å². The van der Waals surface area contributed by atoms with Crippen LogP contribution in [0.15, 0.2) is 24.5 Å². The SMILES string of the molecule is Cc1ccc(NCc2ncn(C)n2)c(N)c1. The molecule has 84 valence electrons. The van der Waals surface area contributed by atoms with E-state index in [0.717, 1.165) is 22.8 Å². The Balaban J connectivity index is 2.04. The fraction of sp³-hybridized carbons (Fsp3) is 0.273. The number of rotatable bonds is 3. The number of nitrogen functional groups attached to an aromatic ring is 1. The minimum absolute atomic E-state index is 0.577. The van der Waals surface area contributed by atoms with Crippen molar-refractivity contribution in [1.82, 2.24) is 14.8 Å². The molecule has 16 heavy (non-hydrogen) atoms. The van der Waals surface area contributed by atoms with Crippen molar-refractivity contribution in [2.45, 2.75) is 13.5 Å². The quantitative estimate of drug-likeness (QED) is 0.761. The van der Waals surface area contributed by atoms with E-state index in [1.165, 1.54) is 0 Å². The van der Waals surface area contributed by atoms with E-state index < -0.39 is 0 Å². The van der Waals surface area contributed by atoms with E-state index in [2.05, 4.69) is 15.4 Å². The Hall–Kier alpha value is -2.04. The van der Waals surface area contributed by atoms with Crippen molar-refractivity contribution < 1.29 is 0 Å². The summed E-state index contributed by atoms with van der Waals surface area (Å²) in [7, 11) is 1.84. The molecule has 0 radical (unpaired) electrons. The van der Waals surface area contributed by atoms with Gasteiger partial charge in [-0.1, -0.05) is 6.07 Å². The lowest BCUT2D eigenvalue weighted by Gasteiger charge is -2.07. The Bertz CT molecular complexity index is 489. The Kier molecular flexibility index (Phi) is 2.76. The number of nitrogens with zero attached hydrogens (tertiary/aromatic N) is 3. The second-order valence-corrected chi connectivity index (χ2v) is 3.78. The zero-order valence-electron chi connectivity index (χ0n) is 9.44. The van der Waals surface area contributed by atoms with Crippen LogP contribution >= 0.6 is 0 Å². The highest BCUT2D eigenvalue weighted by Crippen LogP contribution is 2.19. The summed E-state index contributed by atoms with van der Waals surface area (Å²) >= 11 is 0. The third-order valence-corrected chi connectivity index (χ3v) is 2.29. The summed E-state index contributed by atoms with van der Waals surface area (Å²) in [6.07, 6.45) is 1.68. The van der Waals surface area contributed by atoms with Gasteiger partial charge in [0.2, 0.25) is 0 Å². The van der Waals surface area contributed by atoms with Crippen molar-refractivity contribution in [3.8, 4) is 0 Å². The van der Waals surface area contributed by atoms with Gasteiger partial charge in [0.25, 0.3) is 0 Å². The largest absolute Gasteiger partial charge is 0.397 e. The van der Waals surface area contributed by atoms with Crippen LogP contribution in [0.3, 0.4) is 0 Å². The lowest BCUT2D eigenvalue weighted by molar-refractivity contribution is 0.747. The molecule has 5 heteroatoms. The molecule has 0 atom stereocenters. The summed E-state index contributed by atoms with van der Waals surface area (Å²) in [4.78, 5) is 4.13. The van der Waals surface area contributed by atoms with Crippen LogP contribution in [0.4, 0.5) is 11.4 Å². The lowest BCUT2D eigenvalue weighted by Crippen LogP contribution is -2.04. The maximum atomic E-state index is 5.88. The predicted octanol–water partition coefficient (Wildman–Crippen LogP) is 1.32. The van der Waals surface area contributed by atoms with E-state index in [-0.39, 0.29) is 0 Å². The molecule has 0 fully saturated rings. The first kappa shape index (κ1) is 10.5. The number of hydrogen-bond acceptors (Lipinski definition) is 4. The van der Waals surface area contributed by atoms with Gasteiger partial charge in [0.1, 0.15) is 6.33 Å². The van der Waals surface area contributed by atoms with Crippen LogP contribution in [0.1, 0.15) is 11.4 Å². The molecule has 0 saturated heterocycles. The molecule has 0 unspecified atom stereocenters. The molecule has 1 aromatic carbocycles. The molecule has 0 aliphatic carbocycles. The van der Waals surface area contributed by atoms with Gasteiger partial charge in [-0.3, -0.25) is 4.68 Å². The molecule has 0 saturated carbocycles. The normalized spacial score (nSPS) is 10.4. The van der Waals surface area contributed by atoms with Crippen molar-refractivity contribution >= 4 is 11.4 Å². The third-order valence-electron chi connectivity index (χ3n) is 2.29. The first-order chi connectivity index (χ1) is 7.65. The summed E-state index contributed by atoms with van der Waals surface area (Å²) in [5.74, 6) is 0.752. The van der Waals surface area contributed by atoms with Crippen molar-refractivity contribution in [1.29, 1.82) is 0 Å². The number of nitrogens with one attached hydrogen (secondary N) is 1. The highest BCUT2D eigenvalue weighted by atomic mass is 15.3. The monoisotopic (exact) mass is 217 g/mol. The minimum atomic E-state index is 0.577.